The molecule has 108 valence electrons. The molecule has 1 aliphatic rings. The second-order valence-electron chi connectivity index (χ2n) is 5.11. The Balaban J connectivity index is 2.18. The molecule has 0 aliphatic heterocycles. The number of hydrogen-bond donors (Lipinski definition) is 2. The van der Waals surface area contributed by atoms with Gasteiger partial charge in [0, 0.05) is 5.46 Å². The van der Waals surface area contributed by atoms with Gasteiger partial charge in [-0.2, -0.15) is 0 Å². The van der Waals surface area contributed by atoms with Crippen molar-refractivity contribution in [3.8, 4) is 5.75 Å². The summed E-state index contributed by atoms with van der Waals surface area (Å²) in [4.78, 5) is 11.5. The molecule has 0 spiro atoms. The number of ether oxygens (including phenoxy) is 2. The Labute approximate surface area is 118 Å². The van der Waals surface area contributed by atoms with Crippen molar-refractivity contribution < 1.29 is 24.3 Å². The van der Waals surface area contributed by atoms with Gasteiger partial charge in [-0.05, 0) is 36.8 Å². The molecule has 1 saturated carbocycles. The van der Waals surface area contributed by atoms with Crippen LogP contribution in [0, 0.1) is 5.92 Å². The first-order chi connectivity index (χ1) is 9.56. The predicted molar refractivity (Wildman–Crippen MR) is 74.9 cm³/mol. The summed E-state index contributed by atoms with van der Waals surface area (Å²) in [6.07, 6.45) is 2.44. The summed E-state index contributed by atoms with van der Waals surface area (Å²) in [7, 11) is 1.33. The van der Waals surface area contributed by atoms with Crippen LogP contribution in [0.15, 0.2) is 18.2 Å². The molecule has 0 heterocycles. The first-order valence-corrected chi connectivity index (χ1v) is 6.68. The molecule has 0 radical (unpaired) electrons. The SMILES string of the molecule is COC(=O)[C@@H]1CC[C@@H](c2ccc(OC)c(B(O)O)c2)C1. The Morgan fingerprint density at radius 3 is 2.65 bits per heavy atom. The minimum Gasteiger partial charge on any atom is -0.497 e. The standard InChI is InChI=1S/C14H19BO5/c1-19-13-6-5-10(8-12(13)15(17)18)9-3-4-11(7-9)14(16)20-2/h5-6,8-9,11,17-18H,3-4,7H2,1-2H3/t9-,11-/m1/s1. The van der Waals surface area contributed by atoms with E-state index in [-0.39, 0.29) is 17.8 Å². The highest BCUT2D eigenvalue weighted by Crippen LogP contribution is 2.38. The molecule has 2 N–H and O–H groups in total. The minimum absolute atomic E-state index is 0.0606. The van der Waals surface area contributed by atoms with Crippen LogP contribution >= 0.6 is 0 Å². The fourth-order valence-electron chi connectivity index (χ4n) is 2.87. The molecule has 20 heavy (non-hydrogen) atoms. The fraction of sp³-hybridized carbons (Fsp3) is 0.500. The summed E-state index contributed by atoms with van der Waals surface area (Å²) in [5, 5.41) is 18.8. The van der Waals surface area contributed by atoms with Gasteiger partial charge in [0.2, 0.25) is 0 Å². The number of rotatable bonds is 4. The lowest BCUT2D eigenvalue weighted by molar-refractivity contribution is -0.145. The number of carbonyl (C=O) groups excluding carboxylic acids is 1. The summed E-state index contributed by atoms with van der Waals surface area (Å²) in [5.41, 5.74) is 1.35. The van der Waals surface area contributed by atoms with Crippen LogP contribution in [0.25, 0.3) is 0 Å². The Kier molecular flexibility index (Phi) is 4.67. The van der Waals surface area contributed by atoms with E-state index in [0.29, 0.717) is 11.2 Å². The normalized spacial score (nSPS) is 21.6. The van der Waals surface area contributed by atoms with Crippen molar-refractivity contribution in [1.29, 1.82) is 0 Å². The molecule has 5 nitrogen and oxygen atoms in total. The first-order valence-electron chi connectivity index (χ1n) is 6.68. The van der Waals surface area contributed by atoms with Crippen LogP contribution < -0.4 is 10.2 Å². The lowest BCUT2D eigenvalue weighted by Crippen LogP contribution is -2.31. The first kappa shape index (κ1) is 14.9. The lowest BCUT2D eigenvalue weighted by atomic mass is 9.77. The minimum atomic E-state index is -1.57. The molecule has 1 aromatic rings. The maximum absolute atomic E-state index is 11.5. The van der Waals surface area contributed by atoms with Crippen molar-refractivity contribution in [2.75, 3.05) is 14.2 Å². The van der Waals surface area contributed by atoms with Gasteiger partial charge in [0.1, 0.15) is 5.75 Å². The zero-order valence-corrected chi connectivity index (χ0v) is 11.7. The molecule has 1 aromatic carbocycles. The Bertz CT molecular complexity index is 488. The molecule has 0 unspecified atom stereocenters. The van der Waals surface area contributed by atoms with E-state index in [9.17, 15) is 14.8 Å². The number of carbonyl (C=O) groups is 1. The molecule has 2 rings (SSSR count). The van der Waals surface area contributed by atoms with Crippen molar-refractivity contribution in [2.24, 2.45) is 5.92 Å². The van der Waals surface area contributed by atoms with Crippen LogP contribution in [0.5, 0.6) is 5.75 Å². The molecule has 6 heteroatoms. The third-order valence-electron chi connectivity index (χ3n) is 3.97. The average molecular weight is 278 g/mol. The average Bonchev–Trinajstić information content (AvgIpc) is 2.95. The zero-order valence-electron chi connectivity index (χ0n) is 11.7. The molecular weight excluding hydrogens is 259 g/mol. The van der Waals surface area contributed by atoms with Gasteiger partial charge >= 0.3 is 13.1 Å². The van der Waals surface area contributed by atoms with Crippen LogP contribution in [0.4, 0.5) is 0 Å². The van der Waals surface area contributed by atoms with Gasteiger partial charge in [-0.3, -0.25) is 4.79 Å². The van der Waals surface area contributed by atoms with Gasteiger partial charge in [0.15, 0.2) is 0 Å². The second-order valence-corrected chi connectivity index (χ2v) is 5.11. The molecule has 2 atom stereocenters. The predicted octanol–water partition coefficient (Wildman–Crippen LogP) is 0.432. The maximum Gasteiger partial charge on any atom is 0.492 e. The summed E-state index contributed by atoms with van der Waals surface area (Å²) in [5.74, 6) is 0.465. The quantitative estimate of drug-likeness (QED) is 0.617. The van der Waals surface area contributed by atoms with Crippen molar-refractivity contribution in [1.82, 2.24) is 0 Å². The van der Waals surface area contributed by atoms with Gasteiger partial charge in [-0.15, -0.1) is 0 Å². The van der Waals surface area contributed by atoms with Crippen molar-refractivity contribution in [3.63, 3.8) is 0 Å². The number of methoxy groups -OCH3 is 2. The number of benzene rings is 1. The fourth-order valence-corrected chi connectivity index (χ4v) is 2.87. The Hall–Kier alpha value is -1.53. The van der Waals surface area contributed by atoms with Crippen molar-refractivity contribution in [3.05, 3.63) is 23.8 Å². The third kappa shape index (κ3) is 2.97. The monoisotopic (exact) mass is 278 g/mol. The van der Waals surface area contributed by atoms with E-state index in [4.69, 9.17) is 9.47 Å². The van der Waals surface area contributed by atoms with E-state index in [2.05, 4.69) is 0 Å². The van der Waals surface area contributed by atoms with Gasteiger partial charge in [-0.1, -0.05) is 12.1 Å². The number of esters is 1. The van der Waals surface area contributed by atoms with Crippen LogP contribution in [0.3, 0.4) is 0 Å². The molecule has 0 bridgehead atoms. The van der Waals surface area contributed by atoms with E-state index in [1.165, 1.54) is 14.2 Å². The summed E-state index contributed by atoms with van der Waals surface area (Å²) in [6, 6.07) is 5.39. The summed E-state index contributed by atoms with van der Waals surface area (Å²) < 4.78 is 9.88. The van der Waals surface area contributed by atoms with Crippen molar-refractivity contribution in [2.45, 2.75) is 25.2 Å². The second kappa shape index (κ2) is 6.28. The molecule has 1 fully saturated rings. The largest absolute Gasteiger partial charge is 0.497 e. The van der Waals surface area contributed by atoms with Gasteiger partial charge < -0.3 is 19.5 Å². The van der Waals surface area contributed by atoms with Gasteiger partial charge in [-0.25, -0.2) is 0 Å². The van der Waals surface area contributed by atoms with Gasteiger partial charge in [0.25, 0.3) is 0 Å². The highest BCUT2D eigenvalue weighted by molar-refractivity contribution is 6.59. The highest BCUT2D eigenvalue weighted by atomic mass is 16.5. The van der Waals surface area contributed by atoms with E-state index in [1.807, 2.05) is 6.07 Å². The molecular formula is C14H19BO5. The summed E-state index contributed by atoms with van der Waals surface area (Å²) >= 11 is 0. The lowest BCUT2D eigenvalue weighted by Gasteiger charge is -2.14. The topological polar surface area (TPSA) is 76.0 Å². The van der Waals surface area contributed by atoms with Crippen LogP contribution in [0.2, 0.25) is 0 Å². The Morgan fingerprint density at radius 1 is 1.30 bits per heavy atom. The zero-order chi connectivity index (χ0) is 14.7. The Morgan fingerprint density at radius 2 is 2.05 bits per heavy atom. The number of hydrogen-bond acceptors (Lipinski definition) is 5. The molecule has 0 amide bonds. The summed E-state index contributed by atoms with van der Waals surface area (Å²) in [6.45, 7) is 0. The maximum atomic E-state index is 11.5. The van der Waals surface area contributed by atoms with Gasteiger partial charge in [0.05, 0.1) is 20.1 Å². The highest BCUT2D eigenvalue weighted by Gasteiger charge is 2.32. The van der Waals surface area contributed by atoms with E-state index in [1.54, 1.807) is 12.1 Å². The molecule has 0 saturated heterocycles. The molecule has 0 aromatic heterocycles. The van der Waals surface area contributed by atoms with Crippen LogP contribution in [-0.4, -0.2) is 37.4 Å². The third-order valence-corrected chi connectivity index (χ3v) is 3.97. The van der Waals surface area contributed by atoms with E-state index in [0.717, 1.165) is 24.8 Å². The smallest absolute Gasteiger partial charge is 0.492 e. The molecule has 1 aliphatic carbocycles. The van der Waals surface area contributed by atoms with Crippen LogP contribution in [-0.2, 0) is 9.53 Å². The van der Waals surface area contributed by atoms with Crippen LogP contribution in [0.1, 0.15) is 30.7 Å². The van der Waals surface area contributed by atoms with E-state index >= 15 is 0 Å². The van der Waals surface area contributed by atoms with Crippen molar-refractivity contribution >= 4 is 18.6 Å². The van der Waals surface area contributed by atoms with E-state index < -0.39 is 7.12 Å².